The minimum absolute atomic E-state index is 0.0218. The van der Waals surface area contributed by atoms with E-state index in [1.165, 1.54) is 12.8 Å². The largest absolute Gasteiger partial charge is 0.312 e. The number of nitrogens with zero attached hydrogens (tertiary/aromatic N) is 1. The van der Waals surface area contributed by atoms with E-state index in [9.17, 15) is 9.59 Å². The van der Waals surface area contributed by atoms with Crippen molar-refractivity contribution in [2.45, 2.75) is 38.1 Å². The highest BCUT2D eigenvalue weighted by Gasteiger charge is 2.18. The summed E-state index contributed by atoms with van der Waals surface area (Å²) in [5.74, 6) is 0. The first-order valence-corrected chi connectivity index (χ1v) is 5.94. The lowest BCUT2D eigenvalue weighted by molar-refractivity contribution is -0.111. The molecule has 0 atom stereocenters. The first-order valence-electron chi connectivity index (χ1n) is 5.57. The molecule has 1 saturated carbocycles. The maximum Gasteiger partial charge on any atom is 0.254 e. The predicted octanol–water partition coefficient (Wildman–Crippen LogP) is 2.27. The van der Waals surface area contributed by atoms with Crippen LogP contribution in [0.15, 0.2) is 23.1 Å². The Bertz CT molecular complexity index is 447. The number of rotatable bonds is 3. The Hall–Kier alpha value is -1.09. The number of pyridine rings is 1. The number of carbonyl (C=O) groups is 1. The minimum atomic E-state index is -0.485. The summed E-state index contributed by atoms with van der Waals surface area (Å²) in [6.45, 7) is 0. The van der Waals surface area contributed by atoms with E-state index in [-0.39, 0.29) is 12.0 Å². The van der Waals surface area contributed by atoms with Gasteiger partial charge in [0.25, 0.3) is 5.56 Å². The standard InChI is InChI=1S/C12H14ClNO2/c13-11(15)8-9-4-3-7-14(12(9)16)10-5-1-2-6-10/h3-4,7,10H,1-2,5-6,8H2. The molecule has 3 nitrogen and oxygen atoms in total. The van der Waals surface area contributed by atoms with Gasteiger partial charge in [0, 0.05) is 17.8 Å². The van der Waals surface area contributed by atoms with Crippen molar-refractivity contribution in [2.24, 2.45) is 0 Å². The fraction of sp³-hybridized carbons (Fsp3) is 0.500. The first-order chi connectivity index (χ1) is 7.68. The van der Waals surface area contributed by atoms with Crippen LogP contribution in [0.2, 0.25) is 0 Å². The van der Waals surface area contributed by atoms with Crippen molar-refractivity contribution in [3.05, 3.63) is 34.2 Å². The van der Waals surface area contributed by atoms with E-state index >= 15 is 0 Å². The number of hydrogen-bond acceptors (Lipinski definition) is 2. The maximum absolute atomic E-state index is 12.0. The van der Waals surface area contributed by atoms with Crippen LogP contribution >= 0.6 is 11.6 Å². The second kappa shape index (κ2) is 4.83. The Balaban J connectivity index is 2.32. The molecule has 0 amide bonds. The van der Waals surface area contributed by atoms with Crippen LogP contribution in [0, 0.1) is 0 Å². The molecule has 16 heavy (non-hydrogen) atoms. The van der Waals surface area contributed by atoms with Crippen LogP contribution < -0.4 is 5.56 Å². The Morgan fingerprint density at radius 3 is 2.75 bits per heavy atom. The monoisotopic (exact) mass is 239 g/mol. The fourth-order valence-corrected chi connectivity index (χ4v) is 2.45. The number of halogens is 1. The van der Waals surface area contributed by atoms with Crippen molar-refractivity contribution >= 4 is 16.8 Å². The molecule has 1 heterocycles. The third-order valence-corrected chi connectivity index (χ3v) is 3.23. The average Bonchev–Trinajstić information content (AvgIpc) is 2.73. The van der Waals surface area contributed by atoms with Crippen molar-refractivity contribution in [2.75, 3.05) is 0 Å². The summed E-state index contributed by atoms with van der Waals surface area (Å²) in [4.78, 5) is 22.9. The molecule has 86 valence electrons. The molecule has 1 aromatic heterocycles. The summed E-state index contributed by atoms with van der Waals surface area (Å²) in [5.41, 5.74) is 0.429. The SMILES string of the molecule is O=C(Cl)Cc1cccn(C2CCCC2)c1=O. The quantitative estimate of drug-likeness (QED) is 0.759. The summed E-state index contributed by atoms with van der Waals surface area (Å²) in [7, 11) is 0. The van der Waals surface area contributed by atoms with Crippen LogP contribution in [0.25, 0.3) is 0 Å². The summed E-state index contributed by atoms with van der Waals surface area (Å²) in [6, 6.07) is 3.79. The molecule has 1 fully saturated rings. The number of carbonyl (C=O) groups excluding carboxylic acids is 1. The fourth-order valence-electron chi connectivity index (χ4n) is 2.31. The Labute approximate surface area is 99.0 Å². The maximum atomic E-state index is 12.0. The summed E-state index contributed by atoms with van der Waals surface area (Å²) < 4.78 is 1.75. The van der Waals surface area contributed by atoms with Crippen molar-refractivity contribution in [1.82, 2.24) is 4.57 Å². The third-order valence-electron chi connectivity index (χ3n) is 3.10. The van der Waals surface area contributed by atoms with Gasteiger partial charge in [-0.3, -0.25) is 9.59 Å². The van der Waals surface area contributed by atoms with Gasteiger partial charge in [-0.05, 0) is 30.5 Å². The molecule has 1 aromatic rings. The second-order valence-electron chi connectivity index (χ2n) is 4.22. The lowest BCUT2D eigenvalue weighted by Crippen LogP contribution is -2.26. The second-order valence-corrected chi connectivity index (χ2v) is 4.64. The van der Waals surface area contributed by atoms with Gasteiger partial charge in [-0.1, -0.05) is 18.9 Å². The molecule has 0 unspecified atom stereocenters. The normalized spacial score (nSPS) is 16.6. The van der Waals surface area contributed by atoms with Crippen LogP contribution in [0.3, 0.4) is 0 Å². The molecular formula is C12H14ClNO2. The van der Waals surface area contributed by atoms with Crippen LogP contribution in [0.4, 0.5) is 0 Å². The van der Waals surface area contributed by atoms with Crippen molar-refractivity contribution in [3.63, 3.8) is 0 Å². The van der Waals surface area contributed by atoms with E-state index in [0.717, 1.165) is 12.8 Å². The Morgan fingerprint density at radius 2 is 2.12 bits per heavy atom. The van der Waals surface area contributed by atoms with Gasteiger partial charge in [-0.15, -0.1) is 0 Å². The van der Waals surface area contributed by atoms with Gasteiger partial charge in [0.05, 0.1) is 6.42 Å². The molecule has 0 aromatic carbocycles. The van der Waals surface area contributed by atoms with Gasteiger partial charge < -0.3 is 4.57 Å². The van der Waals surface area contributed by atoms with Gasteiger partial charge >= 0.3 is 0 Å². The molecule has 1 aliphatic carbocycles. The topological polar surface area (TPSA) is 39.1 Å². The van der Waals surface area contributed by atoms with Gasteiger partial charge in [0.2, 0.25) is 5.24 Å². The molecule has 0 spiro atoms. The van der Waals surface area contributed by atoms with E-state index in [0.29, 0.717) is 11.6 Å². The Morgan fingerprint density at radius 1 is 1.44 bits per heavy atom. The van der Waals surface area contributed by atoms with Crippen molar-refractivity contribution in [1.29, 1.82) is 0 Å². The molecule has 0 bridgehead atoms. The molecule has 0 N–H and O–H groups in total. The van der Waals surface area contributed by atoms with Crippen LogP contribution in [-0.4, -0.2) is 9.81 Å². The molecule has 4 heteroatoms. The van der Waals surface area contributed by atoms with Gasteiger partial charge in [0.15, 0.2) is 0 Å². The van der Waals surface area contributed by atoms with Gasteiger partial charge in [0.1, 0.15) is 0 Å². The third kappa shape index (κ3) is 2.35. The highest BCUT2D eigenvalue weighted by molar-refractivity contribution is 6.63. The lowest BCUT2D eigenvalue weighted by atomic mass is 10.2. The van der Waals surface area contributed by atoms with Crippen LogP contribution in [-0.2, 0) is 11.2 Å². The first kappa shape index (κ1) is 11.4. The summed E-state index contributed by atoms with van der Waals surface area (Å²) in [6.07, 6.45) is 6.29. The smallest absolute Gasteiger partial charge is 0.254 e. The zero-order valence-corrected chi connectivity index (χ0v) is 9.74. The highest BCUT2D eigenvalue weighted by atomic mass is 35.5. The highest BCUT2D eigenvalue weighted by Crippen LogP contribution is 2.27. The lowest BCUT2D eigenvalue weighted by Gasteiger charge is -2.13. The van der Waals surface area contributed by atoms with Crippen molar-refractivity contribution < 1.29 is 4.79 Å². The molecule has 0 aliphatic heterocycles. The molecule has 0 radical (unpaired) electrons. The summed E-state index contributed by atoms with van der Waals surface area (Å²) in [5, 5.41) is -0.485. The van der Waals surface area contributed by atoms with Gasteiger partial charge in [-0.2, -0.15) is 0 Å². The predicted molar refractivity (Wildman–Crippen MR) is 62.8 cm³/mol. The van der Waals surface area contributed by atoms with E-state index in [1.807, 2.05) is 6.07 Å². The van der Waals surface area contributed by atoms with E-state index in [4.69, 9.17) is 11.6 Å². The van der Waals surface area contributed by atoms with Crippen LogP contribution in [0.1, 0.15) is 37.3 Å². The van der Waals surface area contributed by atoms with E-state index in [1.54, 1.807) is 16.8 Å². The van der Waals surface area contributed by atoms with Crippen LogP contribution in [0.5, 0.6) is 0 Å². The zero-order chi connectivity index (χ0) is 11.5. The number of hydrogen-bond donors (Lipinski definition) is 0. The van der Waals surface area contributed by atoms with E-state index in [2.05, 4.69) is 0 Å². The number of aromatic nitrogens is 1. The molecule has 1 aliphatic rings. The van der Waals surface area contributed by atoms with E-state index < -0.39 is 5.24 Å². The average molecular weight is 240 g/mol. The summed E-state index contributed by atoms with van der Waals surface area (Å²) >= 11 is 5.31. The molecule has 2 rings (SSSR count). The minimum Gasteiger partial charge on any atom is -0.312 e. The van der Waals surface area contributed by atoms with Crippen molar-refractivity contribution in [3.8, 4) is 0 Å². The zero-order valence-electron chi connectivity index (χ0n) is 8.99. The molecule has 0 saturated heterocycles. The Kier molecular flexibility index (Phi) is 3.44. The molecular weight excluding hydrogens is 226 g/mol. The van der Waals surface area contributed by atoms with Gasteiger partial charge in [-0.25, -0.2) is 0 Å².